The topological polar surface area (TPSA) is 63.4 Å². The third kappa shape index (κ3) is 10.6. The molecule has 0 aliphatic carbocycles. The van der Waals surface area contributed by atoms with E-state index < -0.39 is 0 Å². The highest BCUT2D eigenvalue weighted by atomic mass is 15.0. The van der Waals surface area contributed by atoms with E-state index in [-0.39, 0.29) is 5.92 Å². The van der Waals surface area contributed by atoms with Gasteiger partial charge in [0.15, 0.2) is 23.3 Å². The highest BCUT2D eigenvalue weighted by Crippen LogP contribution is 2.38. The van der Waals surface area contributed by atoms with Crippen LogP contribution in [0.4, 0.5) is 0 Å². The fraction of sp³-hybridized carbons (Fsp3) is 0.0395. The van der Waals surface area contributed by atoms with Crippen LogP contribution in [0.15, 0.2) is 307 Å². The van der Waals surface area contributed by atoms with Crippen LogP contribution in [-0.4, -0.2) is 26.5 Å². The van der Waals surface area contributed by atoms with E-state index in [9.17, 15) is 0 Å². The molecule has 0 saturated heterocycles. The van der Waals surface area contributed by atoms with Crippen LogP contribution in [0.3, 0.4) is 0 Å². The summed E-state index contributed by atoms with van der Waals surface area (Å²) in [6.45, 7) is 4.47. The lowest BCUT2D eigenvalue weighted by atomic mass is 9.88. The minimum Gasteiger partial charge on any atom is -0.232 e. The average Bonchev–Trinajstić information content (AvgIpc) is 3.69. The summed E-state index contributed by atoms with van der Waals surface area (Å²) in [5, 5.41) is 0. The van der Waals surface area contributed by atoms with Crippen molar-refractivity contribution in [3.8, 4) is 101 Å². The molecule has 0 N–H and O–H groups in total. The number of hydrogen-bond donors (Lipinski definition) is 0. The Balaban J connectivity index is 0.843. The van der Waals surface area contributed by atoms with Crippen LogP contribution < -0.4 is 0 Å². The maximum Gasteiger partial charge on any atom is 0.164 e. The highest BCUT2D eigenvalue weighted by molar-refractivity contribution is 6.17. The summed E-state index contributed by atoms with van der Waals surface area (Å²) in [6, 6.07) is 102. The first-order valence-electron chi connectivity index (χ1n) is 27.5. The molecular weight excluding hydrogens is 983 g/mol. The van der Waals surface area contributed by atoms with E-state index in [1.54, 1.807) is 0 Å². The van der Waals surface area contributed by atoms with Crippen LogP contribution in [0.5, 0.6) is 0 Å². The number of aliphatic imine (C=N–C) groups is 2. The molecule has 0 radical (unpaired) electrons. The van der Waals surface area contributed by atoms with Gasteiger partial charge < -0.3 is 0 Å². The summed E-state index contributed by atoms with van der Waals surface area (Å²) >= 11 is 0. The van der Waals surface area contributed by atoms with Crippen molar-refractivity contribution in [3.05, 3.63) is 313 Å². The van der Waals surface area contributed by atoms with Crippen LogP contribution in [0, 0.1) is 5.92 Å². The van der Waals surface area contributed by atoms with Gasteiger partial charge in [-0.25, -0.2) is 24.9 Å². The second kappa shape index (κ2) is 22.5. The van der Waals surface area contributed by atoms with Gasteiger partial charge in [-0.15, -0.1) is 0 Å². The molecule has 0 amide bonds. The number of amidine groups is 1. The molecule has 1 atom stereocenters. The van der Waals surface area contributed by atoms with Crippen molar-refractivity contribution >= 4 is 17.2 Å². The molecule has 0 bridgehead atoms. The van der Waals surface area contributed by atoms with Crippen molar-refractivity contribution in [1.29, 1.82) is 0 Å². The van der Waals surface area contributed by atoms with E-state index >= 15 is 0 Å². The monoisotopic (exact) mass is 1040 g/mol. The van der Waals surface area contributed by atoms with Crippen LogP contribution in [0.2, 0.25) is 0 Å². The van der Waals surface area contributed by atoms with Gasteiger partial charge in [0.25, 0.3) is 0 Å². The molecule has 0 unspecified atom stereocenters. The average molecular weight is 1040 g/mol. The van der Waals surface area contributed by atoms with E-state index in [0.717, 1.165) is 112 Å². The van der Waals surface area contributed by atoms with Crippen LogP contribution >= 0.6 is 0 Å². The number of allylic oxidation sites excluding steroid dienone is 1. The molecule has 81 heavy (non-hydrogen) atoms. The molecule has 0 spiro atoms. The van der Waals surface area contributed by atoms with Crippen LogP contribution in [-0.2, 0) is 0 Å². The van der Waals surface area contributed by atoms with E-state index in [2.05, 4.69) is 293 Å². The van der Waals surface area contributed by atoms with Crippen molar-refractivity contribution in [2.24, 2.45) is 15.9 Å². The molecule has 5 heteroatoms. The van der Waals surface area contributed by atoms with Crippen molar-refractivity contribution in [2.45, 2.75) is 13.8 Å². The molecular formula is C76H55N5. The minimum atomic E-state index is -0.0275. The standard InChI is InChI=1S/C76H55N5/c1-51-52(2)72(65-33-17-29-61(47-65)53-21-7-3-8-22-53)78-74(66-34-18-30-62(48-66)54-23-9-4-10-24-54)77-71(51)59-43-39-57(40-44-59)69-37-15-16-38-70(69)58-41-45-60(46-42-58)73-79-75(67-35-19-31-63(49-67)55-25-11-5-12-26-55)81-76(80-73)68-36-20-32-64(50-68)56-27-13-6-14-28-56/h3-50,52H,1-2H3/t52-/m1/s1. The third-order valence-electron chi connectivity index (χ3n) is 15.3. The predicted octanol–water partition coefficient (Wildman–Crippen LogP) is 19.2. The molecule has 0 fully saturated rings. The Morgan fingerprint density at radius 2 is 0.556 bits per heavy atom. The second-order valence-corrected chi connectivity index (χ2v) is 20.5. The zero-order valence-electron chi connectivity index (χ0n) is 45.0. The molecule has 12 aromatic rings. The van der Waals surface area contributed by atoms with Gasteiger partial charge in [-0.1, -0.05) is 274 Å². The van der Waals surface area contributed by atoms with E-state index in [0.29, 0.717) is 23.3 Å². The van der Waals surface area contributed by atoms with Crippen molar-refractivity contribution < 1.29 is 0 Å². The number of nitrogens with zero attached hydrogens (tertiary/aromatic N) is 5. The summed E-state index contributed by atoms with van der Waals surface area (Å²) in [5.41, 5.74) is 22.4. The molecule has 11 aromatic carbocycles. The van der Waals surface area contributed by atoms with Gasteiger partial charge in [-0.2, -0.15) is 0 Å². The number of rotatable bonds is 12. The lowest BCUT2D eigenvalue weighted by molar-refractivity contribution is 0.919. The van der Waals surface area contributed by atoms with Gasteiger partial charge in [0.2, 0.25) is 0 Å². The van der Waals surface area contributed by atoms with Crippen molar-refractivity contribution in [1.82, 2.24) is 15.0 Å². The largest absolute Gasteiger partial charge is 0.232 e. The normalized spacial score (nSPS) is 13.3. The fourth-order valence-electron chi connectivity index (χ4n) is 10.8. The van der Waals surface area contributed by atoms with Crippen molar-refractivity contribution in [3.63, 3.8) is 0 Å². The third-order valence-corrected chi connectivity index (χ3v) is 15.3. The van der Waals surface area contributed by atoms with Gasteiger partial charge in [0, 0.05) is 33.7 Å². The minimum absolute atomic E-state index is 0.0275. The van der Waals surface area contributed by atoms with Gasteiger partial charge in [-0.05, 0) is 109 Å². The molecule has 1 aliphatic heterocycles. The molecule has 5 nitrogen and oxygen atoms in total. The summed E-state index contributed by atoms with van der Waals surface area (Å²) in [7, 11) is 0. The lowest BCUT2D eigenvalue weighted by Gasteiger charge is -2.17. The van der Waals surface area contributed by atoms with Gasteiger partial charge in [0.05, 0.1) is 11.4 Å². The summed E-state index contributed by atoms with van der Waals surface area (Å²) in [5.74, 6) is 2.48. The van der Waals surface area contributed by atoms with Crippen molar-refractivity contribution in [2.75, 3.05) is 0 Å². The maximum absolute atomic E-state index is 5.51. The lowest BCUT2D eigenvalue weighted by Crippen LogP contribution is -2.15. The van der Waals surface area contributed by atoms with Crippen LogP contribution in [0.1, 0.15) is 30.5 Å². The zero-order valence-corrected chi connectivity index (χ0v) is 45.0. The Labute approximate surface area is 473 Å². The summed E-state index contributed by atoms with van der Waals surface area (Å²) in [4.78, 5) is 26.5. The molecule has 2 heterocycles. The first-order chi connectivity index (χ1) is 40.0. The number of hydrogen-bond acceptors (Lipinski definition) is 5. The SMILES string of the molecule is CC1=C(c2ccc(-c3ccccc3-c3ccc(-c4nc(-c5cccc(-c6ccccc6)c5)nc(-c5cccc(-c6ccccc6)c5)n4)cc3)cc2)N=C(c2cccc(-c3ccccc3)c2)N=C(c2cccc(-c3ccccc3)c2)[C@@H]1C. The fourth-order valence-corrected chi connectivity index (χ4v) is 10.8. The Morgan fingerprint density at radius 3 is 0.988 bits per heavy atom. The Morgan fingerprint density at radius 1 is 0.247 bits per heavy atom. The number of benzene rings is 11. The van der Waals surface area contributed by atoms with Gasteiger partial charge in [0.1, 0.15) is 0 Å². The highest BCUT2D eigenvalue weighted by Gasteiger charge is 2.25. The Hall–Kier alpha value is -10.5. The van der Waals surface area contributed by atoms with Gasteiger partial charge in [-0.3, -0.25) is 0 Å². The Bertz CT molecular complexity index is 4220. The molecule has 13 rings (SSSR count). The summed E-state index contributed by atoms with van der Waals surface area (Å²) < 4.78 is 0. The van der Waals surface area contributed by atoms with Crippen LogP contribution in [0.25, 0.3) is 107 Å². The summed E-state index contributed by atoms with van der Waals surface area (Å²) in [6.07, 6.45) is 0. The maximum atomic E-state index is 5.51. The van der Waals surface area contributed by atoms with Gasteiger partial charge >= 0.3 is 0 Å². The quantitative estimate of drug-likeness (QED) is 0.122. The van der Waals surface area contributed by atoms with E-state index in [4.69, 9.17) is 24.9 Å². The first kappa shape index (κ1) is 50.0. The molecule has 0 saturated carbocycles. The predicted molar refractivity (Wildman–Crippen MR) is 336 cm³/mol. The molecule has 1 aliphatic rings. The second-order valence-electron chi connectivity index (χ2n) is 20.5. The first-order valence-corrected chi connectivity index (χ1v) is 27.5. The number of aromatic nitrogens is 3. The van der Waals surface area contributed by atoms with E-state index in [1.165, 1.54) is 5.56 Å². The Kier molecular flexibility index (Phi) is 13.9. The molecule has 1 aromatic heterocycles. The smallest absolute Gasteiger partial charge is 0.164 e. The zero-order chi connectivity index (χ0) is 54.5. The molecule has 384 valence electrons. The van der Waals surface area contributed by atoms with E-state index in [1.807, 2.05) is 12.1 Å².